The van der Waals surface area contributed by atoms with Gasteiger partial charge in [0.05, 0.1) is 23.0 Å². The Hall–Kier alpha value is -1.39. The lowest BCUT2D eigenvalue weighted by molar-refractivity contribution is 0.586. The molecular formula is C13H17ClN4. The van der Waals surface area contributed by atoms with Crippen molar-refractivity contribution in [3.8, 4) is 0 Å². The average Bonchev–Trinajstić information content (AvgIpc) is 2.78. The molecule has 0 saturated heterocycles. The smallest absolute Gasteiger partial charge is 0.0782 e. The number of halogens is 1. The summed E-state index contributed by atoms with van der Waals surface area (Å²) in [5.74, 6) is 0. The van der Waals surface area contributed by atoms with E-state index in [0.717, 1.165) is 24.2 Å². The Morgan fingerprint density at radius 1 is 1.39 bits per heavy atom. The lowest BCUT2D eigenvalue weighted by Gasteiger charge is -2.16. The third kappa shape index (κ3) is 3.09. The van der Waals surface area contributed by atoms with Crippen molar-refractivity contribution in [2.45, 2.75) is 19.4 Å². The summed E-state index contributed by atoms with van der Waals surface area (Å²) in [7, 11) is 1.91. The van der Waals surface area contributed by atoms with Crippen molar-refractivity contribution in [3.05, 3.63) is 47.0 Å². The van der Waals surface area contributed by atoms with Gasteiger partial charge in [0, 0.05) is 25.0 Å². The summed E-state index contributed by atoms with van der Waals surface area (Å²) in [5, 5.41) is 8.34. The molecule has 0 aliphatic heterocycles. The molecule has 1 atom stereocenters. The monoisotopic (exact) mass is 264 g/mol. The van der Waals surface area contributed by atoms with Crippen molar-refractivity contribution in [1.82, 2.24) is 20.1 Å². The number of aryl methyl sites for hydroxylation is 1. The summed E-state index contributed by atoms with van der Waals surface area (Å²) in [6.07, 6.45) is 6.62. The van der Waals surface area contributed by atoms with E-state index in [1.54, 1.807) is 10.9 Å². The van der Waals surface area contributed by atoms with Gasteiger partial charge in [-0.05, 0) is 25.1 Å². The maximum atomic E-state index is 5.87. The Morgan fingerprint density at radius 3 is 2.78 bits per heavy atom. The second-order valence-corrected chi connectivity index (χ2v) is 4.67. The topological polar surface area (TPSA) is 42.7 Å². The maximum absolute atomic E-state index is 5.87. The summed E-state index contributed by atoms with van der Waals surface area (Å²) >= 11 is 5.87. The number of nitrogens with one attached hydrogen (secondary N) is 1. The molecule has 0 fully saturated rings. The molecule has 0 radical (unpaired) electrons. The summed E-state index contributed by atoms with van der Waals surface area (Å²) in [6, 6.07) is 3.87. The molecule has 0 aliphatic rings. The molecule has 0 spiro atoms. The van der Waals surface area contributed by atoms with Gasteiger partial charge < -0.3 is 5.32 Å². The maximum Gasteiger partial charge on any atom is 0.0782 e. The van der Waals surface area contributed by atoms with Gasteiger partial charge in [0.15, 0.2) is 0 Å². The third-order valence-electron chi connectivity index (χ3n) is 2.70. The van der Waals surface area contributed by atoms with Crippen LogP contribution in [0.25, 0.3) is 0 Å². The van der Waals surface area contributed by atoms with Gasteiger partial charge in [0.2, 0.25) is 0 Å². The van der Waals surface area contributed by atoms with Gasteiger partial charge in [0.1, 0.15) is 0 Å². The van der Waals surface area contributed by atoms with Crippen molar-refractivity contribution < 1.29 is 0 Å². The lowest BCUT2D eigenvalue weighted by Crippen LogP contribution is -2.23. The second-order valence-electron chi connectivity index (χ2n) is 4.24. The van der Waals surface area contributed by atoms with Gasteiger partial charge in [-0.15, -0.1) is 0 Å². The molecule has 0 amide bonds. The average molecular weight is 265 g/mol. The summed E-state index contributed by atoms with van der Waals surface area (Å²) in [6.45, 7) is 3.08. The first-order valence-electron chi connectivity index (χ1n) is 6.04. The molecule has 1 N–H and O–H groups in total. The van der Waals surface area contributed by atoms with E-state index in [4.69, 9.17) is 11.6 Å². The fraction of sp³-hybridized carbons (Fsp3) is 0.385. The fourth-order valence-electron chi connectivity index (χ4n) is 1.83. The van der Waals surface area contributed by atoms with Crippen LogP contribution in [0, 0.1) is 0 Å². The SMILES string of the molecule is CCCNC(c1cnn(C)c1)c1ccc(Cl)cn1. The minimum atomic E-state index is 0.0657. The number of rotatable bonds is 5. The molecule has 0 saturated carbocycles. The third-order valence-corrected chi connectivity index (χ3v) is 2.93. The van der Waals surface area contributed by atoms with Crippen molar-refractivity contribution in [2.75, 3.05) is 6.54 Å². The molecule has 1 unspecified atom stereocenters. The minimum Gasteiger partial charge on any atom is -0.305 e. The number of aromatic nitrogens is 3. The Balaban J connectivity index is 2.27. The van der Waals surface area contributed by atoms with Crippen LogP contribution in [0.4, 0.5) is 0 Å². The molecule has 0 bridgehead atoms. The van der Waals surface area contributed by atoms with Crippen molar-refractivity contribution in [2.24, 2.45) is 7.05 Å². The van der Waals surface area contributed by atoms with Crippen LogP contribution in [0.5, 0.6) is 0 Å². The first-order chi connectivity index (χ1) is 8.70. The van der Waals surface area contributed by atoms with E-state index in [2.05, 4.69) is 22.3 Å². The highest BCUT2D eigenvalue weighted by molar-refractivity contribution is 6.30. The molecule has 0 aromatic carbocycles. The van der Waals surface area contributed by atoms with Crippen LogP contribution >= 0.6 is 11.6 Å². The molecule has 4 nitrogen and oxygen atoms in total. The Morgan fingerprint density at radius 2 is 2.22 bits per heavy atom. The van der Waals surface area contributed by atoms with Gasteiger partial charge in [0.25, 0.3) is 0 Å². The second kappa shape index (κ2) is 5.98. The van der Waals surface area contributed by atoms with Crippen molar-refractivity contribution in [3.63, 3.8) is 0 Å². The molecule has 2 heterocycles. The standard InChI is InChI=1S/C13H17ClN4/c1-3-6-15-13(10-7-17-18(2)9-10)12-5-4-11(14)8-16-12/h4-5,7-9,13,15H,3,6H2,1-2H3. The minimum absolute atomic E-state index is 0.0657. The fourth-order valence-corrected chi connectivity index (χ4v) is 1.94. The molecule has 5 heteroatoms. The molecule has 0 aliphatic carbocycles. The summed E-state index contributed by atoms with van der Waals surface area (Å²) in [4.78, 5) is 4.39. The predicted molar refractivity (Wildman–Crippen MR) is 72.6 cm³/mol. The van der Waals surface area contributed by atoms with E-state index in [9.17, 15) is 0 Å². The van der Waals surface area contributed by atoms with E-state index in [0.29, 0.717) is 5.02 Å². The van der Waals surface area contributed by atoms with Gasteiger partial charge >= 0.3 is 0 Å². The van der Waals surface area contributed by atoms with Crippen LogP contribution in [0.1, 0.15) is 30.6 Å². The highest BCUT2D eigenvalue weighted by Gasteiger charge is 2.16. The van der Waals surface area contributed by atoms with Crippen LogP contribution in [-0.4, -0.2) is 21.3 Å². The highest BCUT2D eigenvalue weighted by Crippen LogP contribution is 2.20. The molecular weight excluding hydrogens is 248 g/mol. The van der Waals surface area contributed by atoms with E-state index in [1.807, 2.05) is 31.6 Å². The molecule has 2 aromatic rings. The summed E-state index contributed by atoms with van der Waals surface area (Å²) in [5.41, 5.74) is 2.07. The molecule has 18 heavy (non-hydrogen) atoms. The van der Waals surface area contributed by atoms with Crippen molar-refractivity contribution in [1.29, 1.82) is 0 Å². The quantitative estimate of drug-likeness (QED) is 0.903. The zero-order valence-electron chi connectivity index (χ0n) is 10.6. The number of pyridine rings is 1. The Kier molecular flexibility index (Phi) is 4.33. The van der Waals surface area contributed by atoms with Crippen LogP contribution in [0.15, 0.2) is 30.7 Å². The summed E-state index contributed by atoms with van der Waals surface area (Å²) < 4.78 is 1.80. The molecule has 2 aromatic heterocycles. The Labute approximate surface area is 112 Å². The largest absolute Gasteiger partial charge is 0.305 e. The van der Waals surface area contributed by atoms with E-state index < -0.39 is 0 Å². The molecule has 2 rings (SSSR count). The van der Waals surface area contributed by atoms with E-state index in [-0.39, 0.29) is 6.04 Å². The van der Waals surface area contributed by atoms with E-state index in [1.165, 1.54) is 0 Å². The van der Waals surface area contributed by atoms with Crippen LogP contribution in [0.2, 0.25) is 5.02 Å². The zero-order chi connectivity index (χ0) is 13.0. The van der Waals surface area contributed by atoms with Gasteiger partial charge in [-0.2, -0.15) is 5.10 Å². The van der Waals surface area contributed by atoms with Crippen molar-refractivity contribution >= 4 is 11.6 Å². The first kappa shape index (κ1) is 13.1. The predicted octanol–water partition coefficient (Wildman–Crippen LogP) is 2.56. The van der Waals surface area contributed by atoms with Crippen LogP contribution < -0.4 is 5.32 Å². The van der Waals surface area contributed by atoms with Gasteiger partial charge in [-0.1, -0.05) is 18.5 Å². The van der Waals surface area contributed by atoms with Gasteiger partial charge in [-0.3, -0.25) is 9.67 Å². The normalized spacial score (nSPS) is 12.6. The van der Waals surface area contributed by atoms with Crippen LogP contribution in [0.3, 0.4) is 0 Å². The van der Waals surface area contributed by atoms with Crippen LogP contribution in [-0.2, 0) is 7.05 Å². The number of hydrogen-bond acceptors (Lipinski definition) is 3. The number of hydrogen-bond donors (Lipinski definition) is 1. The Bertz CT molecular complexity index is 492. The van der Waals surface area contributed by atoms with E-state index >= 15 is 0 Å². The first-order valence-corrected chi connectivity index (χ1v) is 6.42. The molecule has 96 valence electrons. The zero-order valence-corrected chi connectivity index (χ0v) is 11.4. The highest BCUT2D eigenvalue weighted by atomic mass is 35.5. The number of nitrogens with zero attached hydrogens (tertiary/aromatic N) is 3. The van der Waals surface area contributed by atoms with Gasteiger partial charge in [-0.25, -0.2) is 0 Å². The lowest BCUT2D eigenvalue weighted by atomic mass is 10.1.